The number of rotatable bonds is 1. The Bertz CT molecular complexity index is 307. The Morgan fingerprint density at radius 1 is 1.45 bits per heavy atom. The number of pyridine rings is 1. The van der Waals surface area contributed by atoms with Gasteiger partial charge in [0.1, 0.15) is 0 Å². The molecule has 0 aromatic carbocycles. The van der Waals surface area contributed by atoms with Gasteiger partial charge in [-0.1, -0.05) is 0 Å². The standard InChI is InChI=1S/C8H8N2O/c1-11-8-3-2-6-4-9-5-7(6)10-8/h2-4H,5H2,1H3. The van der Waals surface area contributed by atoms with E-state index in [1.54, 1.807) is 7.11 Å². The van der Waals surface area contributed by atoms with Gasteiger partial charge in [-0.2, -0.15) is 0 Å². The molecular weight excluding hydrogens is 140 g/mol. The highest BCUT2D eigenvalue weighted by molar-refractivity contribution is 5.83. The van der Waals surface area contributed by atoms with Crippen LogP contribution in [0.5, 0.6) is 5.88 Å². The van der Waals surface area contributed by atoms with Crippen molar-refractivity contribution in [1.82, 2.24) is 4.98 Å². The summed E-state index contributed by atoms with van der Waals surface area (Å²) < 4.78 is 4.97. The van der Waals surface area contributed by atoms with Crippen molar-refractivity contribution in [2.24, 2.45) is 4.99 Å². The van der Waals surface area contributed by atoms with E-state index in [2.05, 4.69) is 9.98 Å². The molecule has 1 aromatic rings. The number of hydrogen-bond donors (Lipinski definition) is 0. The second kappa shape index (κ2) is 2.34. The zero-order valence-corrected chi connectivity index (χ0v) is 6.24. The summed E-state index contributed by atoms with van der Waals surface area (Å²) in [5.41, 5.74) is 2.11. The van der Waals surface area contributed by atoms with Gasteiger partial charge in [0.2, 0.25) is 5.88 Å². The third-order valence-electron chi connectivity index (χ3n) is 1.66. The Morgan fingerprint density at radius 3 is 3.18 bits per heavy atom. The Labute approximate surface area is 64.7 Å². The zero-order chi connectivity index (χ0) is 7.68. The quantitative estimate of drug-likeness (QED) is 0.596. The van der Waals surface area contributed by atoms with Crippen LogP contribution in [0.15, 0.2) is 17.1 Å². The number of ether oxygens (including phenoxy) is 1. The van der Waals surface area contributed by atoms with Gasteiger partial charge in [-0.25, -0.2) is 4.98 Å². The summed E-state index contributed by atoms with van der Waals surface area (Å²) in [6, 6.07) is 3.81. The molecule has 0 amide bonds. The van der Waals surface area contributed by atoms with Gasteiger partial charge < -0.3 is 4.74 Å². The molecule has 2 heterocycles. The van der Waals surface area contributed by atoms with Crippen molar-refractivity contribution in [3.8, 4) is 5.88 Å². The van der Waals surface area contributed by atoms with E-state index in [1.165, 1.54) is 0 Å². The first-order chi connectivity index (χ1) is 5.40. The van der Waals surface area contributed by atoms with E-state index in [4.69, 9.17) is 4.74 Å². The maximum atomic E-state index is 4.97. The van der Waals surface area contributed by atoms with E-state index in [0.29, 0.717) is 12.4 Å². The molecule has 0 atom stereocenters. The van der Waals surface area contributed by atoms with E-state index in [9.17, 15) is 0 Å². The summed E-state index contributed by atoms with van der Waals surface area (Å²) in [7, 11) is 1.62. The first-order valence-electron chi connectivity index (χ1n) is 3.44. The van der Waals surface area contributed by atoms with Crippen LogP contribution in [-0.4, -0.2) is 18.3 Å². The molecule has 56 valence electrons. The number of methoxy groups -OCH3 is 1. The summed E-state index contributed by atoms with van der Waals surface area (Å²) in [6.45, 7) is 0.687. The van der Waals surface area contributed by atoms with E-state index in [1.807, 2.05) is 18.3 Å². The van der Waals surface area contributed by atoms with Crippen LogP contribution in [0.3, 0.4) is 0 Å². The lowest BCUT2D eigenvalue weighted by Crippen LogP contribution is -1.93. The molecule has 3 nitrogen and oxygen atoms in total. The molecule has 2 rings (SSSR count). The van der Waals surface area contributed by atoms with Crippen molar-refractivity contribution in [1.29, 1.82) is 0 Å². The maximum absolute atomic E-state index is 4.97. The molecule has 0 fully saturated rings. The van der Waals surface area contributed by atoms with Gasteiger partial charge in [0.15, 0.2) is 0 Å². The van der Waals surface area contributed by atoms with Crippen LogP contribution in [0.4, 0.5) is 0 Å². The molecule has 3 heteroatoms. The second-order valence-corrected chi connectivity index (χ2v) is 2.36. The Kier molecular flexibility index (Phi) is 1.35. The molecule has 0 radical (unpaired) electrons. The minimum Gasteiger partial charge on any atom is -0.481 e. The van der Waals surface area contributed by atoms with Crippen molar-refractivity contribution in [2.45, 2.75) is 6.54 Å². The average molecular weight is 148 g/mol. The van der Waals surface area contributed by atoms with Gasteiger partial charge in [0.25, 0.3) is 0 Å². The van der Waals surface area contributed by atoms with Crippen LogP contribution in [0, 0.1) is 0 Å². The van der Waals surface area contributed by atoms with E-state index in [-0.39, 0.29) is 0 Å². The average Bonchev–Trinajstić information content (AvgIpc) is 2.50. The SMILES string of the molecule is COc1ccc2c(n1)CN=C2. The van der Waals surface area contributed by atoms with E-state index >= 15 is 0 Å². The molecule has 0 spiro atoms. The minimum absolute atomic E-state index is 0.661. The molecule has 0 aliphatic carbocycles. The highest BCUT2D eigenvalue weighted by atomic mass is 16.5. The number of hydrogen-bond acceptors (Lipinski definition) is 3. The number of aliphatic imine (C=N–C) groups is 1. The largest absolute Gasteiger partial charge is 0.481 e. The molecule has 0 N–H and O–H groups in total. The van der Waals surface area contributed by atoms with E-state index in [0.717, 1.165) is 11.3 Å². The molecule has 1 aromatic heterocycles. The first kappa shape index (κ1) is 6.34. The van der Waals surface area contributed by atoms with Crippen molar-refractivity contribution < 1.29 is 4.74 Å². The van der Waals surface area contributed by atoms with Gasteiger partial charge in [0, 0.05) is 17.8 Å². The van der Waals surface area contributed by atoms with Crippen LogP contribution in [0.25, 0.3) is 0 Å². The van der Waals surface area contributed by atoms with E-state index < -0.39 is 0 Å². The fourth-order valence-corrected chi connectivity index (χ4v) is 1.08. The molecule has 1 aliphatic rings. The van der Waals surface area contributed by atoms with Crippen molar-refractivity contribution >= 4 is 6.21 Å². The molecule has 0 unspecified atom stereocenters. The number of aromatic nitrogens is 1. The van der Waals surface area contributed by atoms with Gasteiger partial charge in [-0.15, -0.1) is 0 Å². The number of nitrogens with zero attached hydrogens (tertiary/aromatic N) is 2. The van der Waals surface area contributed by atoms with Gasteiger partial charge in [-0.05, 0) is 6.07 Å². The lowest BCUT2D eigenvalue weighted by molar-refractivity contribution is 0.396. The highest BCUT2D eigenvalue weighted by Gasteiger charge is 2.07. The summed E-state index contributed by atoms with van der Waals surface area (Å²) in [6.07, 6.45) is 1.84. The topological polar surface area (TPSA) is 34.5 Å². The third-order valence-corrected chi connectivity index (χ3v) is 1.66. The van der Waals surface area contributed by atoms with Gasteiger partial charge >= 0.3 is 0 Å². The number of fused-ring (bicyclic) bond motifs is 1. The third kappa shape index (κ3) is 0.981. The molecule has 0 bridgehead atoms. The monoisotopic (exact) mass is 148 g/mol. The fourth-order valence-electron chi connectivity index (χ4n) is 1.08. The highest BCUT2D eigenvalue weighted by Crippen LogP contribution is 2.15. The lowest BCUT2D eigenvalue weighted by Gasteiger charge is -1.99. The minimum atomic E-state index is 0.661. The van der Waals surface area contributed by atoms with Crippen molar-refractivity contribution in [3.05, 3.63) is 23.4 Å². The molecule has 0 saturated carbocycles. The van der Waals surface area contributed by atoms with Gasteiger partial charge in [0.05, 0.1) is 19.3 Å². The Morgan fingerprint density at radius 2 is 2.36 bits per heavy atom. The predicted octanol–water partition coefficient (Wildman–Crippen LogP) is 1.02. The molecular formula is C8H8N2O. The Hall–Kier alpha value is -1.38. The van der Waals surface area contributed by atoms with Crippen molar-refractivity contribution in [2.75, 3.05) is 7.11 Å². The van der Waals surface area contributed by atoms with Crippen LogP contribution in [0.2, 0.25) is 0 Å². The fraction of sp³-hybridized carbons (Fsp3) is 0.250. The smallest absolute Gasteiger partial charge is 0.213 e. The second-order valence-electron chi connectivity index (χ2n) is 2.36. The summed E-state index contributed by atoms with van der Waals surface area (Å²) in [5, 5.41) is 0. The van der Waals surface area contributed by atoms with Crippen LogP contribution in [-0.2, 0) is 6.54 Å². The molecule has 11 heavy (non-hydrogen) atoms. The van der Waals surface area contributed by atoms with Gasteiger partial charge in [-0.3, -0.25) is 4.99 Å². The summed E-state index contributed by atoms with van der Waals surface area (Å²) in [4.78, 5) is 8.31. The maximum Gasteiger partial charge on any atom is 0.213 e. The lowest BCUT2D eigenvalue weighted by atomic mass is 10.2. The molecule has 0 saturated heterocycles. The van der Waals surface area contributed by atoms with Crippen LogP contribution in [0.1, 0.15) is 11.3 Å². The van der Waals surface area contributed by atoms with Crippen molar-refractivity contribution in [3.63, 3.8) is 0 Å². The Balaban J connectivity index is 2.45. The predicted molar refractivity (Wildman–Crippen MR) is 42.1 cm³/mol. The summed E-state index contributed by atoms with van der Waals surface area (Å²) in [5.74, 6) is 0.661. The molecule has 1 aliphatic heterocycles. The normalized spacial score (nSPS) is 13.2. The van der Waals surface area contributed by atoms with Crippen LogP contribution >= 0.6 is 0 Å². The van der Waals surface area contributed by atoms with Crippen LogP contribution < -0.4 is 4.74 Å². The zero-order valence-electron chi connectivity index (χ0n) is 6.24. The first-order valence-corrected chi connectivity index (χ1v) is 3.44. The summed E-state index contributed by atoms with van der Waals surface area (Å²) >= 11 is 0.